The SMILES string of the molecule is Cc1nn(C)cc1-c1c(C(=O)Nc2cc(C(F)(F)F)cc(C(F)(F)F)c2)c2cc(O)c1o2. The molecule has 1 amide bonds. The number of furan rings is 2. The standard InChI is InChI=1S/C20H13F6N3O3/c1-8-12(7-29(2)28-8)15-16(14-6-13(30)17(15)32-14)18(31)27-11-4-9(19(21,22)23)3-10(5-11)20(24,25)26/h3-7,30H,1-2H3,(H,27,31). The molecule has 0 saturated carbocycles. The molecule has 0 aliphatic heterocycles. The maximum atomic E-state index is 13.1. The number of nitrogens with one attached hydrogen (secondary N) is 1. The smallest absolute Gasteiger partial charge is 0.416 e. The van der Waals surface area contributed by atoms with Crippen molar-refractivity contribution in [2.24, 2.45) is 7.05 Å². The van der Waals surface area contributed by atoms with Gasteiger partial charge in [0.15, 0.2) is 11.3 Å². The molecule has 1 aromatic carbocycles. The zero-order valence-electron chi connectivity index (χ0n) is 16.3. The van der Waals surface area contributed by atoms with E-state index in [0.29, 0.717) is 23.4 Å². The van der Waals surface area contributed by atoms with Gasteiger partial charge in [-0.3, -0.25) is 9.48 Å². The van der Waals surface area contributed by atoms with Crippen LogP contribution in [-0.2, 0) is 19.4 Å². The van der Waals surface area contributed by atoms with Crippen LogP contribution < -0.4 is 5.32 Å². The number of fused-ring (bicyclic) bond motifs is 2. The number of phenolic OH excluding ortho intramolecular Hbond substituents is 1. The number of hydrogen-bond donors (Lipinski definition) is 2. The van der Waals surface area contributed by atoms with Gasteiger partial charge in [0.2, 0.25) is 0 Å². The van der Waals surface area contributed by atoms with E-state index in [9.17, 15) is 36.2 Å². The summed E-state index contributed by atoms with van der Waals surface area (Å²) in [5.74, 6) is -1.28. The van der Waals surface area contributed by atoms with Gasteiger partial charge >= 0.3 is 12.4 Å². The van der Waals surface area contributed by atoms with Crippen LogP contribution in [0.25, 0.3) is 22.3 Å². The Labute approximate surface area is 175 Å². The summed E-state index contributed by atoms with van der Waals surface area (Å²) in [6, 6.07) is 1.90. The molecule has 0 aliphatic rings. The molecule has 0 fully saturated rings. The van der Waals surface area contributed by atoms with Crippen LogP contribution >= 0.6 is 0 Å². The van der Waals surface area contributed by atoms with Gasteiger partial charge in [-0.15, -0.1) is 0 Å². The number of anilines is 1. The Morgan fingerprint density at radius 1 is 1.06 bits per heavy atom. The third-order valence-electron chi connectivity index (χ3n) is 4.79. The first-order chi connectivity index (χ1) is 14.8. The Morgan fingerprint density at radius 2 is 1.66 bits per heavy atom. The fourth-order valence-corrected chi connectivity index (χ4v) is 3.47. The van der Waals surface area contributed by atoms with Gasteiger partial charge in [0.1, 0.15) is 5.58 Å². The number of alkyl halides is 6. The molecule has 168 valence electrons. The van der Waals surface area contributed by atoms with E-state index in [2.05, 4.69) is 10.4 Å². The Balaban J connectivity index is 1.81. The van der Waals surface area contributed by atoms with Gasteiger partial charge in [-0.25, -0.2) is 0 Å². The Hall–Kier alpha value is -3.70. The van der Waals surface area contributed by atoms with Gasteiger partial charge in [-0.1, -0.05) is 0 Å². The first-order valence-corrected chi connectivity index (χ1v) is 8.95. The number of benzene rings is 2. The van der Waals surface area contributed by atoms with Crippen molar-refractivity contribution in [2.75, 3.05) is 5.32 Å². The van der Waals surface area contributed by atoms with Crippen molar-refractivity contribution in [3.8, 4) is 16.9 Å². The van der Waals surface area contributed by atoms with E-state index in [4.69, 9.17) is 4.42 Å². The Kier molecular flexibility index (Phi) is 4.64. The largest absolute Gasteiger partial charge is 0.504 e. The third kappa shape index (κ3) is 3.61. The van der Waals surface area contributed by atoms with Crippen LogP contribution in [0, 0.1) is 6.92 Å². The zero-order chi connectivity index (χ0) is 23.6. The number of nitrogens with zero attached hydrogens (tertiary/aromatic N) is 2. The number of aromatic nitrogens is 2. The normalized spacial score (nSPS) is 12.6. The molecule has 0 atom stereocenters. The fraction of sp³-hybridized carbons (Fsp3) is 0.200. The predicted octanol–water partition coefficient (Wildman–Crippen LogP) is 5.58. The Bertz CT molecular complexity index is 1300. The molecule has 0 aliphatic carbocycles. The number of aryl methyl sites for hydroxylation is 2. The summed E-state index contributed by atoms with van der Waals surface area (Å²) in [6.45, 7) is 1.62. The highest BCUT2D eigenvalue weighted by atomic mass is 19.4. The Morgan fingerprint density at radius 3 is 2.16 bits per heavy atom. The average Bonchev–Trinajstić information content (AvgIpc) is 3.31. The minimum Gasteiger partial charge on any atom is -0.504 e. The lowest BCUT2D eigenvalue weighted by molar-refractivity contribution is -0.143. The third-order valence-corrected chi connectivity index (χ3v) is 4.79. The maximum absolute atomic E-state index is 13.1. The molecule has 0 saturated heterocycles. The van der Waals surface area contributed by atoms with Crippen molar-refractivity contribution in [1.29, 1.82) is 0 Å². The summed E-state index contributed by atoms with van der Waals surface area (Å²) >= 11 is 0. The number of carbonyl (C=O) groups excluding carboxylic acids is 1. The molecule has 2 bridgehead atoms. The van der Waals surface area contributed by atoms with Gasteiger partial charge in [0.25, 0.3) is 5.91 Å². The van der Waals surface area contributed by atoms with Crippen LogP contribution in [0.4, 0.5) is 32.0 Å². The van der Waals surface area contributed by atoms with Gasteiger partial charge in [-0.2, -0.15) is 31.4 Å². The zero-order valence-corrected chi connectivity index (χ0v) is 16.3. The van der Waals surface area contributed by atoms with Crippen LogP contribution in [0.5, 0.6) is 5.75 Å². The van der Waals surface area contributed by atoms with Crippen LogP contribution in [0.1, 0.15) is 27.2 Å². The van der Waals surface area contributed by atoms with E-state index < -0.39 is 35.1 Å². The van der Waals surface area contributed by atoms with Crippen LogP contribution in [0.3, 0.4) is 0 Å². The molecule has 4 rings (SSSR count). The van der Waals surface area contributed by atoms with E-state index in [0.717, 1.165) is 6.07 Å². The van der Waals surface area contributed by atoms with Crippen molar-refractivity contribution < 1.29 is 40.7 Å². The van der Waals surface area contributed by atoms with E-state index >= 15 is 0 Å². The van der Waals surface area contributed by atoms with Crippen molar-refractivity contribution in [1.82, 2.24) is 9.78 Å². The number of carbonyl (C=O) groups is 1. The van der Waals surface area contributed by atoms with Crippen molar-refractivity contribution in [3.05, 3.63) is 52.8 Å². The number of rotatable bonds is 3. The molecular weight excluding hydrogens is 444 g/mol. The number of phenols is 1. The first-order valence-electron chi connectivity index (χ1n) is 8.95. The van der Waals surface area contributed by atoms with Gasteiger partial charge in [0, 0.05) is 36.1 Å². The van der Waals surface area contributed by atoms with Crippen LogP contribution in [0.2, 0.25) is 0 Å². The highest BCUT2D eigenvalue weighted by molar-refractivity contribution is 6.17. The fourth-order valence-electron chi connectivity index (χ4n) is 3.47. The van der Waals surface area contributed by atoms with Gasteiger partial charge in [0.05, 0.1) is 22.4 Å². The van der Waals surface area contributed by atoms with Gasteiger partial charge in [-0.05, 0) is 25.1 Å². The maximum Gasteiger partial charge on any atom is 0.416 e. The summed E-state index contributed by atoms with van der Waals surface area (Å²) < 4.78 is 85.5. The van der Waals surface area contributed by atoms with Crippen molar-refractivity contribution in [3.63, 3.8) is 0 Å². The molecule has 0 radical (unpaired) electrons. The van der Waals surface area contributed by atoms with Crippen molar-refractivity contribution in [2.45, 2.75) is 19.3 Å². The van der Waals surface area contributed by atoms with Crippen LogP contribution in [-0.4, -0.2) is 20.8 Å². The molecule has 4 aromatic rings. The van der Waals surface area contributed by atoms with E-state index in [1.54, 1.807) is 14.0 Å². The molecule has 32 heavy (non-hydrogen) atoms. The predicted molar refractivity (Wildman–Crippen MR) is 100 cm³/mol. The minimum atomic E-state index is -5.06. The topological polar surface area (TPSA) is 80.3 Å². The van der Waals surface area contributed by atoms with Crippen LogP contribution in [0.15, 0.2) is 34.9 Å². The number of aromatic hydroxyl groups is 1. The number of halogens is 6. The van der Waals surface area contributed by atoms with E-state index in [1.165, 1.54) is 10.9 Å². The highest BCUT2D eigenvalue weighted by Crippen LogP contribution is 2.44. The van der Waals surface area contributed by atoms with Gasteiger partial charge < -0.3 is 14.8 Å². The molecule has 2 N–H and O–H groups in total. The summed E-state index contributed by atoms with van der Waals surface area (Å²) in [4.78, 5) is 13.0. The lowest BCUT2D eigenvalue weighted by Crippen LogP contribution is -2.16. The monoisotopic (exact) mass is 457 g/mol. The number of hydrogen-bond acceptors (Lipinski definition) is 4. The lowest BCUT2D eigenvalue weighted by Gasteiger charge is -2.15. The quantitative estimate of drug-likeness (QED) is 0.394. The second-order valence-corrected chi connectivity index (χ2v) is 7.13. The number of amides is 1. The summed E-state index contributed by atoms with van der Waals surface area (Å²) in [5.41, 5.74) is -3.13. The molecular formula is C20H13F6N3O3. The second-order valence-electron chi connectivity index (χ2n) is 7.13. The molecule has 3 heterocycles. The summed E-state index contributed by atoms with van der Waals surface area (Å²) in [5, 5.41) is 16.3. The lowest BCUT2D eigenvalue weighted by atomic mass is 9.99. The van der Waals surface area contributed by atoms with E-state index in [1.807, 2.05) is 0 Å². The molecule has 3 aromatic heterocycles. The highest BCUT2D eigenvalue weighted by Gasteiger charge is 2.37. The van der Waals surface area contributed by atoms with Crippen molar-refractivity contribution >= 4 is 22.8 Å². The first kappa shape index (κ1) is 21.5. The minimum absolute atomic E-state index is 0.0363. The second kappa shape index (κ2) is 6.90. The van der Waals surface area contributed by atoms with E-state index in [-0.39, 0.29) is 34.1 Å². The summed E-state index contributed by atoms with van der Waals surface area (Å²) in [6.07, 6.45) is -8.59. The molecule has 0 unspecified atom stereocenters. The molecule has 6 nitrogen and oxygen atoms in total. The average molecular weight is 457 g/mol. The molecule has 12 heteroatoms. The molecule has 0 spiro atoms. The summed E-state index contributed by atoms with van der Waals surface area (Å²) in [7, 11) is 1.61.